The smallest absolute Gasteiger partial charge is 0.366 e. The van der Waals surface area contributed by atoms with E-state index in [1.165, 1.54) is 17.2 Å². The lowest BCUT2D eigenvalue weighted by Crippen LogP contribution is -2.49. The summed E-state index contributed by atoms with van der Waals surface area (Å²) in [6, 6.07) is 3.64. The van der Waals surface area contributed by atoms with Crippen LogP contribution in [0.5, 0.6) is 0 Å². The van der Waals surface area contributed by atoms with Crippen LogP contribution in [-0.2, 0) is 0 Å². The third kappa shape index (κ3) is 4.29. The van der Waals surface area contributed by atoms with Gasteiger partial charge in [-0.15, -0.1) is 0 Å². The average Bonchev–Trinajstić information content (AvgIpc) is 3.11. The van der Waals surface area contributed by atoms with E-state index in [1.54, 1.807) is 18.2 Å². The van der Waals surface area contributed by atoms with Crippen molar-refractivity contribution in [1.82, 2.24) is 15.3 Å². The number of aromatic nitrogens is 2. The predicted octanol–water partition coefficient (Wildman–Crippen LogP) is 3.55. The first kappa shape index (κ1) is 21.3. The van der Waals surface area contributed by atoms with Crippen LogP contribution in [-0.4, -0.2) is 53.3 Å². The van der Waals surface area contributed by atoms with Gasteiger partial charge in [-0.2, -0.15) is 13.2 Å². The molecule has 0 spiro atoms. The lowest BCUT2D eigenvalue weighted by Gasteiger charge is -2.35. The van der Waals surface area contributed by atoms with E-state index in [2.05, 4.69) is 31.2 Å². The van der Waals surface area contributed by atoms with Crippen molar-refractivity contribution in [2.45, 2.75) is 31.6 Å². The Morgan fingerprint density at radius 1 is 1.29 bits per heavy atom. The van der Waals surface area contributed by atoms with Crippen molar-refractivity contribution in [3.05, 3.63) is 40.6 Å². The number of hydrogen-bond acceptors (Lipinski definition) is 5. The highest BCUT2D eigenvalue weighted by Crippen LogP contribution is 2.39. The van der Waals surface area contributed by atoms with Crippen molar-refractivity contribution in [3.8, 4) is 0 Å². The molecule has 1 saturated heterocycles. The van der Waals surface area contributed by atoms with E-state index >= 15 is 0 Å². The molecular weight excluding hydrogens is 481 g/mol. The van der Waals surface area contributed by atoms with Gasteiger partial charge in [-0.3, -0.25) is 15.0 Å². The van der Waals surface area contributed by atoms with Crippen molar-refractivity contribution >= 4 is 45.2 Å². The fourth-order valence-electron chi connectivity index (χ4n) is 3.59. The van der Waals surface area contributed by atoms with Crippen LogP contribution in [0, 0.1) is 0 Å². The van der Waals surface area contributed by atoms with E-state index in [1.807, 2.05) is 10.2 Å². The third-order valence-electron chi connectivity index (χ3n) is 5.20. The minimum Gasteiger partial charge on any atom is -0.366 e. The maximum Gasteiger partial charge on any atom is 0.408 e. The Labute approximate surface area is 184 Å². The maximum absolute atomic E-state index is 13.1. The number of amides is 3. The molecule has 2 atom stereocenters. The van der Waals surface area contributed by atoms with E-state index in [9.17, 15) is 22.8 Å². The monoisotopic (exact) mass is 498 g/mol. The fraction of sp³-hybridized carbons (Fsp3) is 0.368. The van der Waals surface area contributed by atoms with Gasteiger partial charge in [0.1, 0.15) is 17.6 Å². The maximum atomic E-state index is 13.1. The number of halogens is 4. The van der Waals surface area contributed by atoms with Crippen LogP contribution in [0.25, 0.3) is 0 Å². The summed E-state index contributed by atoms with van der Waals surface area (Å²) in [7, 11) is 0. The van der Waals surface area contributed by atoms with Crippen molar-refractivity contribution in [1.29, 1.82) is 0 Å². The molecule has 0 aliphatic carbocycles. The molecule has 0 saturated carbocycles. The second-order valence-corrected chi connectivity index (χ2v) is 8.24. The molecule has 2 aromatic rings. The van der Waals surface area contributed by atoms with Gasteiger partial charge >= 0.3 is 12.2 Å². The highest BCUT2D eigenvalue weighted by Gasteiger charge is 2.41. The Bertz CT molecular complexity index is 1030. The zero-order chi connectivity index (χ0) is 22.3. The van der Waals surface area contributed by atoms with Gasteiger partial charge < -0.3 is 10.2 Å². The number of anilines is 3. The van der Waals surface area contributed by atoms with Crippen LogP contribution in [0.2, 0.25) is 0 Å². The molecule has 0 radical (unpaired) electrons. The summed E-state index contributed by atoms with van der Waals surface area (Å²) < 4.78 is 39.1. The van der Waals surface area contributed by atoms with Crippen LogP contribution in [0.15, 0.2) is 34.9 Å². The van der Waals surface area contributed by atoms with E-state index in [0.717, 1.165) is 11.4 Å². The average molecular weight is 499 g/mol. The van der Waals surface area contributed by atoms with E-state index in [-0.39, 0.29) is 17.6 Å². The minimum absolute atomic E-state index is 0.181. The van der Waals surface area contributed by atoms with Crippen molar-refractivity contribution in [2.75, 3.05) is 28.2 Å². The zero-order valence-corrected chi connectivity index (χ0v) is 17.9. The molecule has 12 heteroatoms. The van der Waals surface area contributed by atoms with Gasteiger partial charge in [-0.05, 0) is 37.6 Å². The third-order valence-corrected chi connectivity index (χ3v) is 5.69. The molecular formula is C19H18BrF3N6O2. The Balaban J connectivity index is 1.63. The van der Waals surface area contributed by atoms with E-state index < -0.39 is 24.2 Å². The topological polar surface area (TPSA) is 90.5 Å². The Morgan fingerprint density at radius 2 is 2.06 bits per heavy atom. The van der Waals surface area contributed by atoms with Gasteiger partial charge in [0.05, 0.1) is 11.7 Å². The summed E-state index contributed by atoms with van der Waals surface area (Å²) in [6.07, 6.45) is -2.34. The highest BCUT2D eigenvalue weighted by molar-refractivity contribution is 9.10. The molecule has 2 aliphatic heterocycles. The number of fused-ring (bicyclic) bond motifs is 4. The summed E-state index contributed by atoms with van der Waals surface area (Å²) in [5.41, 5.74) is 0.447. The quantitative estimate of drug-likeness (QED) is 0.675. The minimum atomic E-state index is -4.57. The van der Waals surface area contributed by atoms with E-state index in [0.29, 0.717) is 31.0 Å². The van der Waals surface area contributed by atoms with Gasteiger partial charge in [-0.25, -0.2) is 14.8 Å². The normalized spacial score (nSPS) is 18.4. The molecule has 2 N–H and O–H groups in total. The number of urea groups is 1. The number of nitrogens with zero attached hydrogens (tertiary/aromatic N) is 4. The lowest BCUT2D eigenvalue weighted by atomic mass is 10.1. The fourth-order valence-corrected chi connectivity index (χ4v) is 3.93. The molecule has 1 unspecified atom stereocenters. The van der Waals surface area contributed by atoms with Crippen LogP contribution in [0.1, 0.15) is 23.8 Å². The molecule has 0 aromatic carbocycles. The number of alkyl halides is 3. The van der Waals surface area contributed by atoms with Crippen LogP contribution in [0.3, 0.4) is 0 Å². The first-order valence-electron chi connectivity index (χ1n) is 9.49. The van der Waals surface area contributed by atoms with Gasteiger partial charge in [0.2, 0.25) is 0 Å². The van der Waals surface area contributed by atoms with Gasteiger partial charge in [-0.1, -0.05) is 15.9 Å². The van der Waals surface area contributed by atoms with Crippen LogP contribution >= 0.6 is 15.9 Å². The zero-order valence-electron chi connectivity index (χ0n) is 16.3. The standard InChI is InChI=1S/C19H18BrF3N6O2/c1-10(19(21,22)23)25-17(30)13-2-3-14-16(26-13)29(12-5-7-28(14)9-12)18(31)27-15-8-11(20)4-6-24-15/h2-4,6,8,10,12H,5,7,9H2,1H3,(H,25,30)(H,24,27,31)/t10-,12?/m1/s1. The summed E-state index contributed by atoms with van der Waals surface area (Å²) >= 11 is 3.32. The van der Waals surface area contributed by atoms with Crippen LogP contribution < -0.4 is 20.4 Å². The number of carbonyl (C=O) groups excluding carboxylic acids is 2. The summed E-state index contributed by atoms with van der Waals surface area (Å²) in [5, 5.41) is 4.61. The predicted molar refractivity (Wildman–Crippen MR) is 111 cm³/mol. The Hall–Kier alpha value is -2.89. The number of nitrogens with one attached hydrogen (secondary N) is 2. The Morgan fingerprint density at radius 3 is 2.77 bits per heavy atom. The lowest BCUT2D eigenvalue weighted by molar-refractivity contribution is -0.149. The molecule has 8 nitrogen and oxygen atoms in total. The summed E-state index contributed by atoms with van der Waals surface area (Å²) in [4.78, 5) is 37.3. The van der Waals surface area contributed by atoms with Crippen LogP contribution in [0.4, 0.5) is 35.3 Å². The highest BCUT2D eigenvalue weighted by atomic mass is 79.9. The van der Waals surface area contributed by atoms with Gasteiger partial charge in [0, 0.05) is 23.8 Å². The van der Waals surface area contributed by atoms with Crippen molar-refractivity contribution in [3.63, 3.8) is 0 Å². The number of carbonyl (C=O) groups is 2. The van der Waals surface area contributed by atoms with Crippen molar-refractivity contribution in [2.24, 2.45) is 0 Å². The molecule has 2 aromatic heterocycles. The largest absolute Gasteiger partial charge is 0.408 e. The Kier molecular flexibility index (Phi) is 5.50. The van der Waals surface area contributed by atoms with E-state index in [4.69, 9.17) is 0 Å². The first-order valence-corrected chi connectivity index (χ1v) is 10.3. The number of rotatable bonds is 3. The summed E-state index contributed by atoms with van der Waals surface area (Å²) in [5.74, 6) is -0.405. The number of pyridine rings is 2. The second kappa shape index (κ2) is 7.98. The molecule has 31 heavy (non-hydrogen) atoms. The number of hydrogen-bond donors (Lipinski definition) is 2. The molecule has 4 rings (SSSR count). The molecule has 1 fully saturated rings. The van der Waals surface area contributed by atoms with Gasteiger partial charge in [0.15, 0.2) is 5.82 Å². The second-order valence-electron chi connectivity index (χ2n) is 7.32. The van der Waals surface area contributed by atoms with Crippen molar-refractivity contribution < 1.29 is 22.8 Å². The molecule has 2 bridgehead atoms. The molecule has 4 heterocycles. The van der Waals surface area contributed by atoms with Gasteiger partial charge in [0.25, 0.3) is 5.91 Å². The summed E-state index contributed by atoms with van der Waals surface area (Å²) in [6.45, 7) is 2.16. The molecule has 3 amide bonds. The first-order chi connectivity index (χ1) is 14.6. The molecule has 2 aliphatic rings. The SMILES string of the molecule is C[C@@H](NC(=O)c1ccc2c(n1)N(C(=O)Nc1cc(Br)ccn1)C1CCN2C1)C(F)(F)F. The molecule has 164 valence electrons.